The van der Waals surface area contributed by atoms with Crippen molar-refractivity contribution in [1.82, 2.24) is 9.80 Å². The molecule has 0 saturated carbocycles. The van der Waals surface area contributed by atoms with Gasteiger partial charge in [0.1, 0.15) is 0 Å². The van der Waals surface area contributed by atoms with Gasteiger partial charge in [-0.15, -0.1) is 0 Å². The smallest absolute Gasteiger partial charge is 0.0476 e. The van der Waals surface area contributed by atoms with E-state index in [1.54, 1.807) is 0 Å². The largest absolute Gasteiger partial charge is 0.329 e. The van der Waals surface area contributed by atoms with Crippen LogP contribution in [0.5, 0.6) is 0 Å². The van der Waals surface area contributed by atoms with Crippen molar-refractivity contribution in [3.63, 3.8) is 0 Å². The van der Waals surface area contributed by atoms with Gasteiger partial charge in [0.25, 0.3) is 0 Å². The average Bonchev–Trinajstić information content (AvgIpc) is 2.67. The first-order valence-electron chi connectivity index (χ1n) is 7.80. The van der Waals surface area contributed by atoms with Crippen LogP contribution in [-0.2, 0) is 0 Å². The summed E-state index contributed by atoms with van der Waals surface area (Å²) in [6.45, 7) is 7.90. The zero-order chi connectivity index (χ0) is 13.2. The van der Waals surface area contributed by atoms with E-state index in [9.17, 15) is 0 Å². The fraction of sp³-hybridized carbons (Fsp3) is 1.00. The molecule has 2 aliphatic rings. The molecule has 106 valence electrons. The normalized spacial score (nSPS) is 39.3. The Bertz CT molecular complexity index is 254. The van der Waals surface area contributed by atoms with Gasteiger partial charge in [-0.3, -0.25) is 4.90 Å². The molecule has 2 rings (SSSR count). The molecular weight excluding hydrogens is 222 g/mol. The molecule has 3 nitrogen and oxygen atoms in total. The molecule has 0 aromatic heterocycles. The van der Waals surface area contributed by atoms with Gasteiger partial charge in [0, 0.05) is 30.7 Å². The fourth-order valence-electron chi connectivity index (χ4n) is 4.12. The van der Waals surface area contributed by atoms with Crippen LogP contribution in [0.1, 0.15) is 52.4 Å². The van der Waals surface area contributed by atoms with Crippen LogP contribution in [0, 0.1) is 0 Å². The van der Waals surface area contributed by atoms with E-state index in [1.165, 1.54) is 45.1 Å². The van der Waals surface area contributed by atoms with Crippen LogP contribution in [0.4, 0.5) is 0 Å². The zero-order valence-electron chi connectivity index (χ0n) is 12.5. The molecule has 0 radical (unpaired) electrons. The van der Waals surface area contributed by atoms with Gasteiger partial charge in [-0.05, 0) is 46.2 Å². The highest BCUT2D eigenvalue weighted by Crippen LogP contribution is 2.36. The zero-order valence-corrected chi connectivity index (χ0v) is 12.5. The predicted octanol–water partition coefficient (Wildman–Crippen LogP) is 2.06. The summed E-state index contributed by atoms with van der Waals surface area (Å²) < 4.78 is 0. The van der Waals surface area contributed by atoms with Crippen molar-refractivity contribution >= 4 is 0 Å². The lowest BCUT2D eigenvalue weighted by Crippen LogP contribution is -2.60. The van der Waals surface area contributed by atoms with Crippen molar-refractivity contribution in [2.75, 3.05) is 26.7 Å². The van der Waals surface area contributed by atoms with E-state index in [1.807, 2.05) is 0 Å². The summed E-state index contributed by atoms with van der Waals surface area (Å²) >= 11 is 0. The first-order chi connectivity index (χ1) is 8.63. The summed E-state index contributed by atoms with van der Waals surface area (Å²) in [6, 6.07) is 1.46. The molecular formula is C15H31N3. The van der Waals surface area contributed by atoms with Gasteiger partial charge < -0.3 is 10.6 Å². The summed E-state index contributed by atoms with van der Waals surface area (Å²) in [5.74, 6) is 0. The molecule has 3 unspecified atom stereocenters. The van der Waals surface area contributed by atoms with Gasteiger partial charge in [-0.2, -0.15) is 0 Å². The number of nitrogens with zero attached hydrogens (tertiary/aromatic N) is 2. The molecule has 2 heterocycles. The highest BCUT2D eigenvalue weighted by Gasteiger charge is 2.46. The maximum atomic E-state index is 6.21. The van der Waals surface area contributed by atoms with Crippen LogP contribution in [-0.4, -0.2) is 54.1 Å². The second kappa shape index (κ2) is 5.89. The molecule has 3 heteroatoms. The predicted molar refractivity (Wildman–Crippen MR) is 77.7 cm³/mol. The van der Waals surface area contributed by atoms with Crippen LogP contribution in [0.2, 0.25) is 0 Å². The Labute approximate surface area is 113 Å². The molecule has 0 aromatic rings. The number of hydrogen-bond acceptors (Lipinski definition) is 3. The number of likely N-dealkylation sites (tertiary alicyclic amines) is 2. The molecule has 0 bridgehead atoms. The molecule has 0 amide bonds. The molecule has 2 N–H and O–H groups in total. The molecule has 0 aromatic carbocycles. The highest BCUT2D eigenvalue weighted by atomic mass is 15.3. The lowest BCUT2D eigenvalue weighted by molar-refractivity contribution is 0.0242. The third-order valence-electron chi connectivity index (χ3n) is 5.21. The van der Waals surface area contributed by atoms with E-state index >= 15 is 0 Å². The minimum absolute atomic E-state index is 0.258. The maximum absolute atomic E-state index is 6.21. The van der Waals surface area contributed by atoms with Gasteiger partial charge in [0.05, 0.1) is 0 Å². The van der Waals surface area contributed by atoms with E-state index in [0.717, 1.165) is 19.1 Å². The second-order valence-electron chi connectivity index (χ2n) is 6.53. The summed E-state index contributed by atoms with van der Waals surface area (Å²) in [7, 11) is 2.25. The van der Waals surface area contributed by atoms with E-state index in [0.29, 0.717) is 6.04 Å². The number of piperidine rings is 1. The van der Waals surface area contributed by atoms with E-state index < -0.39 is 0 Å². The fourth-order valence-corrected chi connectivity index (χ4v) is 4.12. The Morgan fingerprint density at radius 2 is 2.11 bits per heavy atom. The lowest BCUT2D eigenvalue weighted by Gasteiger charge is -2.48. The Hall–Kier alpha value is -0.120. The molecule has 0 aliphatic carbocycles. The Morgan fingerprint density at radius 3 is 2.67 bits per heavy atom. The Morgan fingerprint density at radius 1 is 1.33 bits per heavy atom. The summed E-state index contributed by atoms with van der Waals surface area (Å²) in [5.41, 5.74) is 6.47. The van der Waals surface area contributed by atoms with Crippen LogP contribution >= 0.6 is 0 Å². The van der Waals surface area contributed by atoms with E-state index in [2.05, 4.69) is 30.7 Å². The topological polar surface area (TPSA) is 32.5 Å². The van der Waals surface area contributed by atoms with Crippen LogP contribution in [0.15, 0.2) is 0 Å². The van der Waals surface area contributed by atoms with Crippen LogP contribution < -0.4 is 5.73 Å². The molecule has 2 fully saturated rings. The standard InChI is InChI=1S/C15H31N3/c1-4-7-14-8-5-6-9-18(14)15(11-16)10-13(2)17(3)12-15/h13-14H,4-12,16H2,1-3H3. The molecule has 2 saturated heterocycles. The number of hydrogen-bond donors (Lipinski definition) is 1. The summed E-state index contributed by atoms with van der Waals surface area (Å²) in [5, 5.41) is 0. The first-order valence-corrected chi connectivity index (χ1v) is 7.80. The third kappa shape index (κ3) is 2.59. The minimum Gasteiger partial charge on any atom is -0.329 e. The van der Waals surface area contributed by atoms with Gasteiger partial charge in [0.15, 0.2) is 0 Å². The van der Waals surface area contributed by atoms with Crippen LogP contribution in [0.3, 0.4) is 0 Å². The molecule has 0 spiro atoms. The van der Waals surface area contributed by atoms with E-state index in [4.69, 9.17) is 5.73 Å². The minimum atomic E-state index is 0.258. The van der Waals surface area contributed by atoms with Crippen molar-refractivity contribution in [2.45, 2.75) is 70.0 Å². The first kappa shape index (κ1) is 14.3. The highest BCUT2D eigenvalue weighted by molar-refractivity contribution is 5.04. The summed E-state index contributed by atoms with van der Waals surface area (Å²) in [4.78, 5) is 5.28. The number of nitrogens with two attached hydrogens (primary N) is 1. The quantitative estimate of drug-likeness (QED) is 0.832. The number of likely N-dealkylation sites (N-methyl/N-ethyl adjacent to an activating group) is 1. The van der Waals surface area contributed by atoms with Gasteiger partial charge in [0.2, 0.25) is 0 Å². The molecule has 3 atom stereocenters. The van der Waals surface area contributed by atoms with E-state index in [-0.39, 0.29) is 5.54 Å². The monoisotopic (exact) mass is 253 g/mol. The number of rotatable bonds is 4. The SMILES string of the molecule is CCCC1CCCCN1C1(CN)CC(C)N(C)C1. The molecule has 2 aliphatic heterocycles. The maximum Gasteiger partial charge on any atom is 0.0476 e. The van der Waals surface area contributed by atoms with Crippen molar-refractivity contribution in [3.8, 4) is 0 Å². The summed E-state index contributed by atoms with van der Waals surface area (Å²) in [6.07, 6.45) is 8.05. The van der Waals surface area contributed by atoms with Crippen LogP contribution in [0.25, 0.3) is 0 Å². The second-order valence-corrected chi connectivity index (χ2v) is 6.53. The van der Waals surface area contributed by atoms with Crippen molar-refractivity contribution in [2.24, 2.45) is 5.73 Å². The third-order valence-corrected chi connectivity index (χ3v) is 5.21. The Kier molecular flexibility index (Phi) is 4.68. The molecule has 18 heavy (non-hydrogen) atoms. The average molecular weight is 253 g/mol. The van der Waals surface area contributed by atoms with Gasteiger partial charge in [-0.25, -0.2) is 0 Å². The Balaban J connectivity index is 2.14. The van der Waals surface area contributed by atoms with Crippen molar-refractivity contribution in [1.29, 1.82) is 0 Å². The lowest BCUT2D eigenvalue weighted by atomic mass is 9.87. The van der Waals surface area contributed by atoms with Gasteiger partial charge >= 0.3 is 0 Å². The van der Waals surface area contributed by atoms with Gasteiger partial charge in [-0.1, -0.05) is 19.8 Å². The van der Waals surface area contributed by atoms with Crippen molar-refractivity contribution in [3.05, 3.63) is 0 Å². The van der Waals surface area contributed by atoms with Crippen molar-refractivity contribution < 1.29 is 0 Å².